The van der Waals surface area contributed by atoms with Gasteiger partial charge >= 0.3 is 5.97 Å². The van der Waals surface area contributed by atoms with Gasteiger partial charge in [-0.25, -0.2) is 13.2 Å². The van der Waals surface area contributed by atoms with Crippen LogP contribution in [0.5, 0.6) is 0 Å². The maximum atomic E-state index is 13.0. The van der Waals surface area contributed by atoms with Gasteiger partial charge in [-0.15, -0.1) is 0 Å². The summed E-state index contributed by atoms with van der Waals surface area (Å²) in [7, 11) is -3.86. The summed E-state index contributed by atoms with van der Waals surface area (Å²) in [6, 6.07) is 5.60. The number of carboxylic acid groups (broad SMARTS) is 1. The average Bonchev–Trinajstić information content (AvgIpc) is 3.19. The van der Waals surface area contributed by atoms with Crippen molar-refractivity contribution in [3.05, 3.63) is 52.4 Å². The van der Waals surface area contributed by atoms with Gasteiger partial charge in [0.2, 0.25) is 10.0 Å². The van der Waals surface area contributed by atoms with Crippen molar-refractivity contribution < 1.29 is 22.7 Å². The number of rotatable bonds is 4. The van der Waals surface area contributed by atoms with Crippen molar-refractivity contribution in [2.45, 2.75) is 30.7 Å². The number of sulfonamides is 1. The molecule has 1 N–H and O–H groups in total. The van der Waals surface area contributed by atoms with Crippen LogP contribution in [0.1, 0.15) is 40.6 Å². The second-order valence-electron chi connectivity index (χ2n) is 5.70. The van der Waals surface area contributed by atoms with E-state index in [9.17, 15) is 18.3 Å². The van der Waals surface area contributed by atoms with E-state index in [4.69, 9.17) is 16.0 Å². The summed E-state index contributed by atoms with van der Waals surface area (Å²) in [6.45, 7) is 1.94. The summed E-state index contributed by atoms with van der Waals surface area (Å²) in [5.41, 5.74) is 0.188. The molecule has 8 heteroatoms. The van der Waals surface area contributed by atoms with Crippen LogP contribution in [0.4, 0.5) is 0 Å². The van der Waals surface area contributed by atoms with Crippen molar-refractivity contribution in [1.29, 1.82) is 0 Å². The van der Waals surface area contributed by atoms with Gasteiger partial charge in [0, 0.05) is 6.54 Å². The smallest absolute Gasteiger partial charge is 0.337 e. The summed E-state index contributed by atoms with van der Waals surface area (Å²) in [4.78, 5) is 11.2. The van der Waals surface area contributed by atoms with Crippen molar-refractivity contribution in [2.75, 3.05) is 6.54 Å². The number of halogens is 1. The summed E-state index contributed by atoms with van der Waals surface area (Å²) >= 11 is 5.98. The quantitative estimate of drug-likeness (QED) is 0.891. The lowest BCUT2D eigenvalue weighted by atomic mass is 10.1. The molecule has 2 aromatic rings. The number of carboxylic acids is 1. The van der Waals surface area contributed by atoms with Crippen LogP contribution in [-0.4, -0.2) is 30.3 Å². The second-order valence-corrected chi connectivity index (χ2v) is 7.96. The van der Waals surface area contributed by atoms with E-state index in [1.165, 1.54) is 16.6 Å². The molecule has 1 aliphatic rings. The Balaban J connectivity index is 2.06. The Labute approximate surface area is 144 Å². The fourth-order valence-electron chi connectivity index (χ4n) is 2.97. The molecule has 0 saturated carbocycles. The van der Waals surface area contributed by atoms with E-state index in [0.29, 0.717) is 30.7 Å². The summed E-state index contributed by atoms with van der Waals surface area (Å²) < 4.78 is 32.8. The third-order valence-electron chi connectivity index (χ3n) is 4.14. The minimum Gasteiger partial charge on any atom is -0.478 e. The van der Waals surface area contributed by atoms with Crippen molar-refractivity contribution in [1.82, 2.24) is 4.31 Å². The van der Waals surface area contributed by atoms with Crippen LogP contribution in [0.15, 0.2) is 39.8 Å². The molecule has 1 aromatic carbocycles. The molecule has 1 aromatic heterocycles. The summed E-state index contributed by atoms with van der Waals surface area (Å²) in [5, 5.41) is 9.29. The van der Waals surface area contributed by atoms with E-state index < -0.39 is 16.0 Å². The van der Waals surface area contributed by atoms with Gasteiger partial charge in [-0.3, -0.25) is 0 Å². The number of hydrogen-bond acceptors (Lipinski definition) is 4. The number of carbonyl (C=O) groups is 1. The molecule has 24 heavy (non-hydrogen) atoms. The third-order valence-corrected chi connectivity index (χ3v) is 6.53. The minimum atomic E-state index is -3.86. The summed E-state index contributed by atoms with van der Waals surface area (Å²) in [6.07, 6.45) is 2.88. The monoisotopic (exact) mass is 369 g/mol. The van der Waals surface area contributed by atoms with Gasteiger partial charge in [-0.1, -0.05) is 11.6 Å². The molecule has 1 saturated heterocycles. The first kappa shape index (κ1) is 17.0. The van der Waals surface area contributed by atoms with Crippen LogP contribution in [0.3, 0.4) is 0 Å². The van der Waals surface area contributed by atoms with E-state index in [-0.39, 0.29) is 21.5 Å². The number of aryl methyl sites for hydroxylation is 1. The van der Waals surface area contributed by atoms with Crippen LogP contribution in [-0.2, 0) is 10.0 Å². The molecular weight excluding hydrogens is 354 g/mol. The van der Waals surface area contributed by atoms with Crippen molar-refractivity contribution in [3.8, 4) is 0 Å². The lowest BCUT2D eigenvalue weighted by molar-refractivity contribution is 0.0696. The number of hydrogen-bond donors (Lipinski definition) is 1. The zero-order chi connectivity index (χ0) is 17.5. The first-order valence-corrected chi connectivity index (χ1v) is 9.23. The highest BCUT2D eigenvalue weighted by molar-refractivity contribution is 7.89. The molecule has 1 fully saturated rings. The van der Waals surface area contributed by atoms with E-state index in [0.717, 1.165) is 6.07 Å². The van der Waals surface area contributed by atoms with Crippen LogP contribution in [0.2, 0.25) is 5.02 Å². The molecule has 6 nitrogen and oxygen atoms in total. The molecule has 0 radical (unpaired) electrons. The minimum absolute atomic E-state index is 0.0467. The van der Waals surface area contributed by atoms with Gasteiger partial charge in [0.25, 0.3) is 0 Å². The lowest BCUT2D eigenvalue weighted by Crippen LogP contribution is -2.30. The Morgan fingerprint density at radius 1 is 1.42 bits per heavy atom. The first-order chi connectivity index (χ1) is 11.3. The van der Waals surface area contributed by atoms with Crippen LogP contribution in [0.25, 0.3) is 0 Å². The highest BCUT2D eigenvalue weighted by Crippen LogP contribution is 2.37. The fourth-order valence-corrected chi connectivity index (χ4v) is 4.94. The Morgan fingerprint density at radius 3 is 2.79 bits per heavy atom. The lowest BCUT2D eigenvalue weighted by Gasteiger charge is -2.23. The molecule has 1 unspecified atom stereocenters. The molecular formula is C16H16ClNO5S. The largest absolute Gasteiger partial charge is 0.478 e. The summed E-state index contributed by atoms with van der Waals surface area (Å²) in [5.74, 6) is -0.677. The third kappa shape index (κ3) is 2.83. The molecule has 1 atom stereocenters. The van der Waals surface area contributed by atoms with Crippen LogP contribution < -0.4 is 0 Å². The Bertz CT molecular complexity index is 876. The molecule has 0 spiro atoms. The van der Waals surface area contributed by atoms with Gasteiger partial charge in [0.1, 0.15) is 5.76 Å². The van der Waals surface area contributed by atoms with E-state index in [1.54, 1.807) is 19.1 Å². The number of aromatic carboxylic acids is 1. The van der Waals surface area contributed by atoms with Crippen molar-refractivity contribution in [2.24, 2.45) is 0 Å². The van der Waals surface area contributed by atoms with E-state index in [1.807, 2.05) is 0 Å². The predicted octanol–water partition coefficient (Wildman–Crippen LogP) is 3.47. The van der Waals surface area contributed by atoms with E-state index in [2.05, 4.69) is 0 Å². The standard InChI is InChI=1S/C16H16ClNO5S/c1-10-8-11(9-12(15(10)17)16(19)20)24(21,22)18-6-2-4-13(18)14-5-3-7-23-14/h3,5,7-9,13H,2,4,6H2,1H3,(H,19,20). The predicted molar refractivity (Wildman–Crippen MR) is 87.7 cm³/mol. The highest BCUT2D eigenvalue weighted by atomic mass is 35.5. The maximum Gasteiger partial charge on any atom is 0.337 e. The SMILES string of the molecule is Cc1cc(S(=O)(=O)N2CCCC2c2ccco2)cc(C(=O)O)c1Cl. The van der Waals surface area contributed by atoms with E-state index >= 15 is 0 Å². The van der Waals surface area contributed by atoms with Crippen molar-refractivity contribution >= 4 is 27.6 Å². The molecule has 3 rings (SSSR count). The average molecular weight is 370 g/mol. The topological polar surface area (TPSA) is 87.8 Å². The zero-order valence-corrected chi connectivity index (χ0v) is 14.5. The van der Waals surface area contributed by atoms with Gasteiger partial charge in [0.05, 0.1) is 27.8 Å². The van der Waals surface area contributed by atoms with Crippen molar-refractivity contribution in [3.63, 3.8) is 0 Å². The Hall–Kier alpha value is -1.83. The fraction of sp³-hybridized carbons (Fsp3) is 0.312. The first-order valence-electron chi connectivity index (χ1n) is 7.41. The zero-order valence-electron chi connectivity index (χ0n) is 12.9. The van der Waals surface area contributed by atoms with Gasteiger partial charge in [-0.05, 0) is 49.6 Å². The molecule has 128 valence electrons. The molecule has 0 aliphatic carbocycles. The number of furan rings is 1. The highest BCUT2D eigenvalue weighted by Gasteiger charge is 2.38. The van der Waals surface area contributed by atoms with Gasteiger partial charge in [0.15, 0.2) is 0 Å². The second kappa shape index (κ2) is 6.23. The molecule has 2 heterocycles. The van der Waals surface area contributed by atoms with Crippen LogP contribution >= 0.6 is 11.6 Å². The number of nitrogens with zero attached hydrogens (tertiary/aromatic N) is 1. The number of benzene rings is 1. The molecule has 1 aliphatic heterocycles. The Morgan fingerprint density at radius 2 is 2.17 bits per heavy atom. The Kier molecular flexibility index (Phi) is 4.42. The molecule has 0 bridgehead atoms. The molecule has 0 amide bonds. The maximum absolute atomic E-state index is 13.0. The van der Waals surface area contributed by atoms with Gasteiger partial charge in [-0.2, -0.15) is 4.31 Å². The van der Waals surface area contributed by atoms with Gasteiger partial charge < -0.3 is 9.52 Å². The van der Waals surface area contributed by atoms with Crippen LogP contribution in [0, 0.1) is 6.92 Å². The normalized spacial score (nSPS) is 18.8.